The van der Waals surface area contributed by atoms with E-state index in [1.807, 2.05) is 17.0 Å². The highest BCUT2D eigenvalue weighted by atomic mass is 35.5. The third-order valence-electron chi connectivity index (χ3n) is 7.50. The molecule has 0 spiro atoms. The van der Waals surface area contributed by atoms with Crippen molar-refractivity contribution in [1.82, 2.24) is 29.7 Å². The quantitative estimate of drug-likeness (QED) is 0.334. The zero-order valence-corrected chi connectivity index (χ0v) is 23.8. The average molecular weight is 593 g/mol. The number of nitrogens with two attached hydrogens (primary N) is 1. The van der Waals surface area contributed by atoms with E-state index in [-0.39, 0.29) is 34.6 Å². The molecule has 2 fully saturated rings. The van der Waals surface area contributed by atoms with Gasteiger partial charge in [-0.2, -0.15) is 9.97 Å². The Kier molecular flexibility index (Phi) is 8.00. The summed E-state index contributed by atoms with van der Waals surface area (Å²) in [5.41, 5.74) is 6.27. The fourth-order valence-electron chi connectivity index (χ4n) is 5.31. The maximum absolute atomic E-state index is 16.2. The van der Waals surface area contributed by atoms with Gasteiger partial charge in [0.2, 0.25) is 5.91 Å². The van der Waals surface area contributed by atoms with Crippen molar-refractivity contribution in [3.63, 3.8) is 0 Å². The number of ether oxygens (including phenoxy) is 2. The van der Waals surface area contributed by atoms with Crippen LogP contribution in [0.2, 0.25) is 5.02 Å². The van der Waals surface area contributed by atoms with Crippen LogP contribution in [0.4, 0.5) is 16.0 Å². The van der Waals surface area contributed by atoms with Gasteiger partial charge in [0.1, 0.15) is 28.5 Å². The van der Waals surface area contributed by atoms with Crippen molar-refractivity contribution in [2.24, 2.45) is 0 Å². The second-order valence-corrected chi connectivity index (χ2v) is 10.5. The maximum atomic E-state index is 16.2. The number of hydrogen-bond donors (Lipinski definition) is 1. The van der Waals surface area contributed by atoms with Gasteiger partial charge in [-0.3, -0.25) is 14.7 Å². The largest absolute Gasteiger partial charge is 0.467 e. The van der Waals surface area contributed by atoms with E-state index in [9.17, 15) is 4.79 Å². The summed E-state index contributed by atoms with van der Waals surface area (Å²) >= 11 is 6.48. The Balaban J connectivity index is 1.26. The monoisotopic (exact) mass is 592 g/mol. The number of halogens is 2. The van der Waals surface area contributed by atoms with Crippen molar-refractivity contribution < 1.29 is 18.7 Å². The van der Waals surface area contributed by atoms with Crippen LogP contribution < -0.4 is 15.4 Å². The Hall–Kier alpha value is -4.13. The van der Waals surface area contributed by atoms with Gasteiger partial charge in [-0.05, 0) is 17.5 Å². The number of methoxy groups -OCH3 is 1. The molecule has 4 aromatic rings. The molecular formula is C29H30ClFN8O3. The van der Waals surface area contributed by atoms with Gasteiger partial charge in [-0.1, -0.05) is 29.8 Å². The minimum absolute atomic E-state index is 0.0153. The Labute approximate surface area is 246 Å². The normalized spacial score (nSPS) is 16.5. The Bertz CT molecular complexity index is 1670. The number of carbonyl (C=O) groups excluding carboxylic acids is 1. The molecule has 1 aromatic carbocycles. The summed E-state index contributed by atoms with van der Waals surface area (Å²) in [4.78, 5) is 36.5. The first kappa shape index (κ1) is 28.0. The number of carbonyl (C=O) groups is 1. The van der Waals surface area contributed by atoms with Crippen molar-refractivity contribution in [2.45, 2.75) is 0 Å². The van der Waals surface area contributed by atoms with Gasteiger partial charge in [-0.15, -0.1) is 0 Å². The second kappa shape index (κ2) is 12.0. The number of benzene rings is 1. The van der Waals surface area contributed by atoms with Crippen LogP contribution in [0.25, 0.3) is 33.1 Å². The number of pyridine rings is 2. The van der Waals surface area contributed by atoms with Gasteiger partial charge >= 0.3 is 6.01 Å². The van der Waals surface area contributed by atoms with Gasteiger partial charge in [0.25, 0.3) is 0 Å². The zero-order chi connectivity index (χ0) is 29.2. The van der Waals surface area contributed by atoms with Crippen molar-refractivity contribution in [3.05, 3.63) is 53.5 Å². The predicted molar refractivity (Wildman–Crippen MR) is 159 cm³/mol. The zero-order valence-electron chi connectivity index (χ0n) is 23.1. The lowest BCUT2D eigenvalue weighted by Crippen LogP contribution is -2.48. The van der Waals surface area contributed by atoms with Crippen LogP contribution in [0.15, 0.2) is 42.6 Å². The molecular weight excluding hydrogens is 563 g/mol. The molecule has 0 atom stereocenters. The van der Waals surface area contributed by atoms with E-state index in [0.29, 0.717) is 47.8 Å². The Morgan fingerprint density at radius 2 is 1.90 bits per heavy atom. The molecule has 13 heteroatoms. The number of anilines is 2. The van der Waals surface area contributed by atoms with Crippen molar-refractivity contribution >= 4 is 50.8 Å². The summed E-state index contributed by atoms with van der Waals surface area (Å²) in [6, 6.07) is 7.02. The number of rotatable bonds is 6. The molecule has 2 aliphatic rings. The number of nitrogen functional groups attached to an aromatic ring is 1. The summed E-state index contributed by atoms with van der Waals surface area (Å²) in [6.45, 7) is 5.86. The van der Waals surface area contributed by atoms with Crippen LogP contribution in [0.5, 0.6) is 6.01 Å². The summed E-state index contributed by atoms with van der Waals surface area (Å²) in [5, 5.41) is 2.08. The van der Waals surface area contributed by atoms with E-state index in [1.165, 1.54) is 13.3 Å². The molecule has 0 aliphatic carbocycles. The first-order valence-electron chi connectivity index (χ1n) is 13.7. The van der Waals surface area contributed by atoms with Gasteiger partial charge < -0.3 is 25.0 Å². The second-order valence-electron chi connectivity index (χ2n) is 10.1. The highest BCUT2D eigenvalue weighted by Crippen LogP contribution is 2.37. The summed E-state index contributed by atoms with van der Waals surface area (Å²) < 4.78 is 26.9. The molecule has 5 heterocycles. The molecule has 0 bridgehead atoms. The number of amides is 1. The van der Waals surface area contributed by atoms with Gasteiger partial charge in [0.05, 0.1) is 30.7 Å². The topological polar surface area (TPSA) is 123 Å². The molecule has 42 heavy (non-hydrogen) atoms. The van der Waals surface area contributed by atoms with E-state index in [1.54, 1.807) is 29.2 Å². The van der Waals surface area contributed by atoms with Crippen molar-refractivity contribution in [3.8, 4) is 17.4 Å². The maximum Gasteiger partial charge on any atom is 0.318 e. The molecule has 2 N–H and O–H groups in total. The number of fused-ring (bicyclic) bond motifs is 2. The fourth-order valence-corrected chi connectivity index (χ4v) is 5.58. The number of morpholine rings is 1. The minimum Gasteiger partial charge on any atom is -0.467 e. The molecule has 0 unspecified atom stereocenters. The van der Waals surface area contributed by atoms with Crippen molar-refractivity contribution in [1.29, 1.82) is 0 Å². The minimum atomic E-state index is -0.687. The predicted octanol–water partition coefficient (Wildman–Crippen LogP) is 3.16. The van der Waals surface area contributed by atoms with Crippen LogP contribution >= 0.6 is 11.6 Å². The molecule has 11 nitrogen and oxygen atoms in total. The van der Waals surface area contributed by atoms with Crippen LogP contribution in [0.3, 0.4) is 0 Å². The van der Waals surface area contributed by atoms with Crippen molar-refractivity contribution in [2.75, 3.05) is 76.8 Å². The molecule has 2 saturated heterocycles. The number of hydrogen-bond acceptors (Lipinski definition) is 10. The highest BCUT2D eigenvalue weighted by Gasteiger charge is 2.26. The Morgan fingerprint density at radius 3 is 2.67 bits per heavy atom. The molecule has 3 aromatic heterocycles. The van der Waals surface area contributed by atoms with E-state index in [2.05, 4.69) is 24.8 Å². The van der Waals surface area contributed by atoms with Crippen LogP contribution in [0.1, 0.15) is 0 Å². The third-order valence-corrected chi connectivity index (χ3v) is 7.81. The summed E-state index contributed by atoms with van der Waals surface area (Å²) in [6.07, 6.45) is 5.07. The van der Waals surface area contributed by atoms with Gasteiger partial charge in [0.15, 0.2) is 5.82 Å². The Morgan fingerprint density at radius 1 is 1.12 bits per heavy atom. The van der Waals surface area contributed by atoms with Gasteiger partial charge in [-0.25, -0.2) is 9.37 Å². The lowest BCUT2D eigenvalue weighted by Gasteiger charge is -2.35. The first-order chi connectivity index (χ1) is 20.4. The lowest BCUT2D eigenvalue weighted by molar-refractivity contribution is -0.126. The average Bonchev–Trinajstić information content (AvgIpc) is 3.01. The summed E-state index contributed by atoms with van der Waals surface area (Å²) in [7, 11) is 1.43. The number of nitrogens with zero attached hydrogens (tertiary/aromatic N) is 7. The number of piperazine rings is 1. The molecule has 1 amide bonds. The van der Waals surface area contributed by atoms with E-state index in [4.69, 9.17) is 26.8 Å². The third kappa shape index (κ3) is 5.52. The smallest absolute Gasteiger partial charge is 0.318 e. The van der Waals surface area contributed by atoms with E-state index >= 15 is 4.39 Å². The molecule has 0 radical (unpaired) electrons. The highest BCUT2D eigenvalue weighted by molar-refractivity contribution is 6.36. The van der Waals surface area contributed by atoms with E-state index in [0.717, 1.165) is 38.2 Å². The molecule has 2 aliphatic heterocycles. The lowest BCUT2D eigenvalue weighted by atomic mass is 10.1. The summed E-state index contributed by atoms with van der Waals surface area (Å²) in [5.74, 6) is -0.0301. The van der Waals surface area contributed by atoms with Gasteiger partial charge in [0, 0.05) is 63.5 Å². The van der Waals surface area contributed by atoms with Crippen LogP contribution in [-0.2, 0) is 9.53 Å². The number of aromatic nitrogens is 4. The SMILES string of the molecule is COc1nc(N2CCN(C(=O)/C=C/CN3CCOCC3)CC2)c2cnc(-c3nc(N)cc4cccc(Cl)c34)c(F)c2n1. The fraction of sp³-hybridized carbons (Fsp3) is 0.345. The van der Waals surface area contributed by atoms with Crippen LogP contribution in [0, 0.1) is 5.82 Å². The van der Waals surface area contributed by atoms with Crippen LogP contribution in [-0.4, -0.2) is 102 Å². The molecule has 6 rings (SSSR count). The van der Waals surface area contributed by atoms with E-state index < -0.39 is 5.82 Å². The molecule has 218 valence electrons. The molecule has 0 saturated carbocycles. The standard InChI is InChI=1S/C29H30ClFN8O3/c1-41-29-35-25-19(17-33-27(24(25)31)26-23-18(16-21(32)34-26)4-2-5-20(23)30)28(36-29)39-10-8-38(9-11-39)22(40)6-3-7-37-12-14-42-15-13-37/h2-6,16-17H,7-15H2,1H3,(H2,32,34)/b6-3+. The first-order valence-corrected chi connectivity index (χ1v) is 14.1.